The highest BCUT2D eigenvalue weighted by Gasteiger charge is 2.16. The van der Waals surface area contributed by atoms with Crippen LogP contribution in [0.25, 0.3) is 11.3 Å². The zero-order chi connectivity index (χ0) is 13.2. The molecule has 0 radical (unpaired) electrons. The first kappa shape index (κ1) is 12.2. The Kier molecular flexibility index (Phi) is 3.25. The highest BCUT2D eigenvalue weighted by molar-refractivity contribution is 5.64. The predicted molar refractivity (Wildman–Crippen MR) is 78.6 cm³/mol. The van der Waals surface area contributed by atoms with Crippen molar-refractivity contribution >= 4 is 5.95 Å². The number of aryl methyl sites for hydroxylation is 2. The number of aromatic amines is 1. The van der Waals surface area contributed by atoms with Crippen LogP contribution in [0.4, 0.5) is 5.95 Å². The van der Waals surface area contributed by atoms with Gasteiger partial charge in [0.05, 0.1) is 5.69 Å². The number of aromatic nitrogens is 2. The first-order valence-corrected chi connectivity index (χ1v) is 6.83. The van der Waals surface area contributed by atoms with Crippen molar-refractivity contribution in [2.45, 2.75) is 13.8 Å². The third kappa shape index (κ3) is 2.49. The third-order valence-electron chi connectivity index (χ3n) is 3.58. The van der Waals surface area contributed by atoms with Gasteiger partial charge in [0.2, 0.25) is 5.95 Å². The van der Waals surface area contributed by atoms with Gasteiger partial charge in [-0.3, -0.25) is 0 Å². The Hall–Kier alpha value is -1.81. The Balaban J connectivity index is 1.92. The summed E-state index contributed by atoms with van der Waals surface area (Å²) in [5.41, 5.74) is 4.66. The van der Waals surface area contributed by atoms with Crippen LogP contribution in [0.5, 0.6) is 0 Å². The van der Waals surface area contributed by atoms with Gasteiger partial charge in [-0.2, -0.15) is 0 Å². The van der Waals surface area contributed by atoms with E-state index in [-0.39, 0.29) is 0 Å². The van der Waals surface area contributed by atoms with Gasteiger partial charge >= 0.3 is 0 Å². The number of imidazole rings is 1. The van der Waals surface area contributed by atoms with E-state index in [0.717, 1.165) is 43.5 Å². The van der Waals surface area contributed by atoms with Crippen LogP contribution < -0.4 is 10.2 Å². The third-order valence-corrected chi connectivity index (χ3v) is 3.58. The van der Waals surface area contributed by atoms with Crippen LogP contribution >= 0.6 is 0 Å². The molecule has 1 saturated heterocycles. The molecule has 4 heteroatoms. The number of hydrogen-bond acceptors (Lipinski definition) is 3. The van der Waals surface area contributed by atoms with E-state index in [1.807, 2.05) is 0 Å². The van der Waals surface area contributed by atoms with E-state index in [4.69, 9.17) is 4.98 Å². The SMILES string of the molecule is Cc1cccc(-c2nc(N3CCNCC3)[nH]c2C)c1. The van der Waals surface area contributed by atoms with E-state index in [1.165, 1.54) is 11.1 Å². The summed E-state index contributed by atoms with van der Waals surface area (Å²) >= 11 is 0. The average Bonchev–Trinajstić information content (AvgIpc) is 2.82. The summed E-state index contributed by atoms with van der Waals surface area (Å²) in [6.07, 6.45) is 0. The van der Waals surface area contributed by atoms with Crippen LogP contribution in [0.15, 0.2) is 24.3 Å². The van der Waals surface area contributed by atoms with Crippen LogP contribution in [-0.2, 0) is 0 Å². The van der Waals surface area contributed by atoms with Crippen molar-refractivity contribution in [3.63, 3.8) is 0 Å². The highest BCUT2D eigenvalue weighted by atomic mass is 15.3. The quantitative estimate of drug-likeness (QED) is 0.865. The lowest BCUT2D eigenvalue weighted by Gasteiger charge is -2.26. The summed E-state index contributed by atoms with van der Waals surface area (Å²) in [5, 5.41) is 3.36. The minimum Gasteiger partial charge on any atom is -0.340 e. The molecule has 1 fully saturated rings. The van der Waals surface area contributed by atoms with Crippen molar-refractivity contribution in [2.24, 2.45) is 0 Å². The first-order chi connectivity index (χ1) is 9.24. The van der Waals surface area contributed by atoms with Crippen LogP contribution in [0.3, 0.4) is 0 Å². The molecule has 2 heterocycles. The second kappa shape index (κ2) is 5.05. The normalized spacial score (nSPS) is 15.8. The summed E-state index contributed by atoms with van der Waals surface area (Å²) in [6.45, 7) is 8.29. The summed E-state index contributed by atoms with van der Waals surface area (Å²) < 4.78 is 0. The number of rotatable bonds is 2. The van der Waals surface area contributed by atoms with Gasteiger partial charge < -0.3 is 15.2 Å². The summed E-state index contributed by atoms with van der Waals surface area (Å²) in [7, 11) is 0. The minimum atomic E-state index is 0.996. The number of nitrogens with zero attached hydrogens (tertiary/aromatic N) is 2. The van der Waals surface area contributed by atoms with Gasteiger partial charge in [0, 0.05) is 37.4 Å². The summed E-state index contributed by atoms with van der Waals surface area (Å²) in [5.74, 6) is 0.996. The van der Waals surface area contributed by atoms with Gasteiger partial charge in [-0.05, 0) is 19.9 Å². The largest absolute Gasteiger partial charge is 0.340 e. The molecule has 4 nitrogen and oxygen atoms in total. The van der Waals surface area contributed by atoms with E-state index in [0.29, 0.717) is 0 Å². The molecule has 1 aliphatic rings. The van der Waals surface area contributed by atoms with Crippen LogP contribution in [-0.4, -0.2) is 36.1 Å². The molecule has 0 saturated carbocycles. The zero-order valence-electron chi connectivity index (χ0n) is 11.5. The molecule has 0 atom stereocenters. The maximum atomic E-state index is 4.79. The molecular weight excluding hydrogens is 236 g/mol. The topological polar surface area (TPSA) is 44.0 Å². The molecule has 19 heavy (non-hydrogen) atoms. The van der Waals surface area contributed by atoms with Crippen LogP contribution in [0.1, 0.15) is 11.3 Å². The highest BCUT2D eigenvalue weighted by Crippen LogP contribution is 2.25. The van der Waals surface area contributed by atoms with E-state index < -0.39 is 0 Å². The maximum Gasteiger partial charge on any atom is 0.203 e. The van der Waals surface area contributed by atoms with Crippen molar-refractivity contribution in [1.82, 2.24) is 15.3 Å². The molecular formula is C15H20N4. The van der Waals surface area contributed by atoms with Gasteiger partial charge in [-0.1, -0.05) is 23.8 Å². The summed E-state index contributed by atoms with van der Waals surface area (Å²) in [6, 6.07) is 8.51. The van der Waals surface area contributed by atoms with Crippen molar-refractivity contribution in [3.05, 3.63) is 35.5 Å². The summed E-state index contributed by atoms with van der Waals surface area (Å²) in [4.78, 5) is 10.5. The molecule has 0 amide bonds. The smallest absolute Gasteiger partial charge is 0.203 e. The molecule has 0 spiro atoms. The fraction of sp³-hybridized carbons (Fsp3) is 0.400. The second-order valence-electron chi connectivity index (χ2n) is 5.14. The Labute approximate surface area is 113 Å². The van der Waals surface area contributed by atoms with Crippen molar-refractivity contribution in [3.8, 4) is 11.3 Å². The van der Waals surface area contributed by atoms with Crippen molar-refractivity contribution < 1.29 is 0 Å². The van der Waals surface area contributed by atoms with Gasteiger partial charge in [-0.25, -0.2) is 4.98 Å². The van der Waals surface area contributed by atoms with E-state index in [1.54, 1.807) is 0 Å². The predicted octanol–water partition coefficient (Wildman–Crippen LogP) is 2.10. The molecule has 0 bridgehead atoms. The standard InChI is InChI=1S/C15H20N4/c1-11-4-3-5-13(10-11)14-12(2)17-15(18-14)19-8-6-16-7-9-19/h3-5,10,16H,6-9H2,1-2H3,(H,17,18). The number of H-pyrrole nitrogens is 1. The van der Waals surface area contributed by atoms with E-state index >= 15 is 0 Å². The molecule has 100 valence electrons. The minimum absolute atomic E-state index is 0.996. The molecule has 0 aliphatic carbocycles. The molecule has 3 rings (SSSR count). The van der Waals surface area contributed by atoms with Gasteiger partial charge in [0.1, 0.15) is 0 Å². The average molecular weight is 256 g/mol. The van der Waals surface area contributed by atoms with Gasteiger partial charge in [-0.15, -0.1) is 0 Å². The Bertz CT molecular complexity index is 567. The lowest BCUT2D eigenvalue weighted by atomic mass is 10.1. The first-order valence-electron chi connectivity index (χ1n) is 6.83. The van der Waals surface area contributed by atoms with Crippen LogP contribution in [0, 0.1) is 13.8 Å². The molecule has 0 unspecified atom stereocenters. The molecule has 1 aliphatic heterocycles. The number of benzene rings is 1. The molecule has 2 N–H and O–H groups in total. The Morgan fingerprint density at radius 1 is 1.16 bits per heavy atom. The van der Waals surface area contributed by atoms with Crippen molar-refractivity contribution in [2.75, 3.05) is 31.1 Å². The maximum absolute atomic E-state index is 4.79. The lowest BCUT2D eigenvalue weighted by molar-refractivity contribution is 0.581. The van der Waals surface area contributed by atoms with Gasteiger partial charge in [0.25, 0.3) is 0 Å². The van der Waals surface area contributed by atoms with E-state index in [9.17, 15) is 0 Å². The Morgan fingerprint density at radius 3 is 2.68 bits per heavy atom. The lowest BCUT2D eigenvalue weighted by Crippen LogP contribution is -2.44. The van der Waals surface area contributed by atoms with Gasteiger partial charge in [0.15, 0.2) is 0 Å². The number of nitrogens with one attached hydrogen (secondary N) is 2. The van der Waals surface area contributed by atoms with Crippen molar-refractivity contribution in [1.29, 1.82) is 0 Å². The fourth-order valence-corrected chi connectivity index (χ4v) is 2.54. The Morgan fingerprint density at radius 2 is 1.95 bits per heavy atom. The second-order valence-corrected chi connectivity index (χ2v) is 5.14. The van der Waals surface area contributed by atoms with Crippen LogP contribution in [0.2, 0.25) is 0 Å². The zero-order valence-corrected chi connectivity index (χ0v) is 11.5. The molecule has 1 aromatic carbocycles. The van der Waals surface area contributed by atoms with E-state index in [2.05, 4.69) is 53.3 Å². The fourth-order valence-electron chi connectivity index (χ4n) is 2.54. The monoisotopic (exact) mass is 256 g/mol. The number of piperazine rings is 1. The molecule has 1 aromatic heterocycles. The number of anilines is 1. The molecule has 2 aromatic rings. The number of hydrogen-bond donors (Lipinski definition) is 2.